The van der Waals surface area contributed by atoms with Crippen molar-refractivity contribution in [3.05, 3.63) is 82.9 Å². The van der Waals surface area contributed by atoms with Crippen molar-refractivity contribution in [2.75, 3.05) is 13.1 Å². The zero-order chi connectivity index (χ0) is 25.7. The summed E-state index contributed by atoms with van der Waals surface area (Å²) in [6, 6.07) is 18.2. The third-order valence-electron chi connectivity index (χ3n) is 8.31. The number of nitrogens with zero attached hydrogens (tertiary/aromatic N) is 2. The molecule has 1 N–H and O–H groups in total. The highest BCUT2D eigenvalue weighted by molar-refractivity contribution is 6.25. The van der Waals surface area contributed by atoms with Gasteiger partial charge in [0.15, 0.2) is 0 Å². The van der Waals surface area contributed by atoms with Gasteiger partial charge in [-0.15, -0.1) is 0 Å². The largest absolute Gasteiger partial charge is 0.481 e. The Bertz CT molecular complexity index is 1400. The highest BCUT2D eigenvalue weighted by atomic mass is 16.4. The summed E-state index contributed by atoms with van der Waals surface area (Å²) in [5.41, 5.74) is 2.94. The summed E-state index contributed by atoms with van der Waals surface area (Å²) in [6.07, 6.45) is 3.29. The lowest BCUT2D eigenvalue weighted by molar-refractivity contribution is -0.153. The molecule has 188 valence electrons. The summed E-state index contributed by atoms with van der Waals surface area (Å²) in [7, 11) is 0. The lowest BCUT2D eigenvalue weighted by atomic mass is 9.77. The van der Waals surface area contributed by atoms with Crippen LogP contribution in [0.2, 0.25) is 0 Å². The number of benzene rings is 3. The summed E-state index contributed by atoms with van der Waals surface area (Å²) < 4.78 is 0. The zero-order valence-electron chi connectivity index (χ0n) is 20.4. The zero-order valence-corrected chi connectivity index (χ0v) is 20.4. The molecule has 2 heterocycles. The van der Waals surface area contributed by atoms with E-state index in [9.17, 15) is 24.3 Å². The van der Waals surface area contributed by atoms with Crippen molar-refractivity contribution in [3.63, 3.8) is 0 Å². The first-order valence-electron chi connectivity index (χ1n) is 12.9. The summed E-state index contributed by atoms with van der Waals surface area (Å²) in [4.78, 5) is 56.2. The third-order valence-corrected chi connectivity index (χ3v) is 8.31. The van der Waals surface area contributed by atoms with Crippen LogP contribution in [-0.4, -0.2) is 51.7 Å². The van der Waals surface area contributed by atoms with Crippen molar-refractivity contribution in [2.24, 2.45) is 11.8 Å². The SMILES string of the molecule is O=C(O)[C@H]1CCCC[C@H]1C(=O)N1CCc2ccccc2C1CN1C(=O)c2cccc3cccc(c23)C1=O. The number of amides is 3. The first-order chi connectivity index (χ1) is 18.0. The molecule has 1 saturated carbocycles. The van der Waals surface area contributed by atoms with Gasteiger partial charge in [-0.05, 0) is 47.9 Å². The van der Waals surface area contributed by atoms with Gasteiger partial charge in [-0.1, -0.05) is 61.4 Å². The van der Waals surface area contributed by atoms with Crippen LogP contribution in [-0.2, 0) is 16.0 Å². The number of carboxylic acid groups (broad SMARTS) is 1. The van der Waals surface area contributed by atoms with Crippen LogP contribution in [0.5, 0.6) is 0 Å². The van der Waals surface area contributed by atoms with Crippen molar-refractivity contribution in [1.29, 1.82) is 0 Å². The van der Waals surface area contributed by atoms with Crippen molar-refractivity contribution in [1.82, 2.24) is 9.80 Å². The molecule has 3 aromatic carbocycles. The molecule has 7 nitrogen and oxygen atoms in total. The molecule has 6 rings (SSSR count). The lowest BCUT2D eigenvalue weighted by Crippen LogP contribution is -2.52. The quantitative estimate of drug-likeness (QED) is 0.539. The van der Waals surface area contributed by atoms with Crippen LogP contribution in [0.4, 0.5) is 0 Å². The Morgan fingerprint density at radius 1 is 0.838 bits per heavy atom. The molecule has 7 heteroatoms. The predicted octanol–water partition coefficient (Wildman–Crippen LogP) is 4.45. The van der Waals surface area contributed by atoms with E-state index in [1.807, 2.05) is 48.5 Å². The standard InChI is InChI=1S/C30H28N2O5/c33-27(21-11-3-4-12-22(21)30(36)37)31-16-15-18-7-1-2-10-20(18)25(31)17-32-28(34)23-13-5-8-19-9-6-14-24(26(19)23)29(32)35/h1-2,5-10,13-14,21-22,25H,3-4,11-12,15-17H2,(H,36,37)/t21-,22+,25?/m1/s1. The van der Waals surface area contributed by atoms with E-state index in [-0.39, 0.29) is 24.3 Å². The number of hydrogen-bond acceptors (Lipinski definition) is 4. The molecule has 0 saturated heterocycles. The number of hydrogen-bond donors (Lipinski definition) is 1. The molecule has 0 aromatic heterocycles. The van der Waals surface area contributed by atoms with Crippen molar-refractivity contribution in [2.45, 2.75) is 38.1 Å². The molecule has 0 bridgehead atoms. The third kappa shape index (κ3) is 3.80. The van der Waals surface area contributed by atoms with Gasteiger partial charge < -0.3 is 10.0 Å². The molecule has 3 amide bonds. The average Bonchev–Trinajstić information content (AvgIpc) is 2.93. The Labute approximate surface area is 214 Å². The highest BCUT2D eigenvalue weighted by Crippen LogP contribution is 2.38. The first-order valence-corrected chi connectivity index (χ1v) is 12.9. The van der Waals surface area contributed by atoms with Gasteiger partial charge in [0.1, 0.15) is 0 Å². The normalized spacial score (nSPS) is 23.2. The van der Waals surface area contributed by atoms with Gasteiger partial charge in [0.05, 0.1) is 24.4 Å². The molecule has 3 atom stereocenters. The number of carboxylic acids is 1. The van der Waals surface area contributed by atoms with Gasteiger partial charge in [0, 0.05) is 23.1 Å². The second kappa shape index (κ2) is 9.14. The number of aliphatic carboxylic acids is 1. The second-order valence-electron chi connectivity index (χ2n) is 10.3. The Kier molecular flexibility index (Phi) is 5.78. The Morgan fingerprint density at radius 2 is 1.49 bits per heavy atom. The molecule has 3 aliphatic rings. The fourth-order valence-corrected chi connectivity index (χ4v) is 6.47. The van der Waals surface area contributed by atoms with Gasteiger partial charge in [0.2, 0.25) is 5.91 Å². The maximum Gasteiger partial charge on any atom is 0.307 e. The summed E-state index contributed by atoms with van der Waals surface area (Å²) in [5.74, 6) is -3.16. The van der Waals surface area contributed by atoms with Crippen molar-refractivity contribution >= 4 is 34.5 Å². The predicted molar refractivity (Wildman–Crippen MR) is 137 cm³/mol. The topological polar surface area (TPSA) is 95.0 Å². The minimum absolute atomic E-state index is 0.0234. The van der Waals surface area contributed by atoms with Crippen LogP contribution >= 0.6 is 0 Å². The lowest BCUT2D eigenvalue weighted by Gasteiger charge is -2.42. The molecule has 3 aromatic rings. The number of fused-ring (bicyclic) bond motifs is 1. The number of carbonyl (C=O) groups is 4. The fourth-order valence-electron chi connectivity index (χ4n) is 6.47. The van der Waals surface area contributed by atoms with E-state index in [1.165, 1.54) is 4.90 Å². The number of imide groups is 1. The minimum atomic E-state index is -0.932. The van der Waals surface area contributed by atoms with Gasteiger partial charge >= 0.3 is 5.97 Å². The van der Waals surface area contributed by atoms with Gasteiger partial charge in [-0.2, -0.15) is 0 Å². The fraction of sp³-hybridized carbons (Fsp3) is 0.333. The van der Waals surface area contributed by atoms with Crippen LogP contribution in [0.1, 0.15) is 63.6 Å². The van der Waals surface area contributed by atoms with Crippen LogP contribution < -0.4 is 0 Å². The molecule has 1 aliphatic carbocycles. The van der Waals surface area contributed by atoms with E-state index in [0.717, 1.165) is 29.4 Å². The number of rotatable bonds is 4. The summed E-state index contributed by atoms with van der Waals surface area (Å²) in [5, 5.41) is 11.3. The number of carbonyl (C=O) groups excluding carboxylic acids is 3. The Balaban J connectivity index is 1.38. The maximum atomic E-state index is 13.9. The van der Waals surface area contributed by atoms with E-state index in [0.29, 0.717) is 42.3 Å². The molecule has 2 aliphatic heterocycles. The molecule has 1 fully saturated rings. The average molecular weight is 497 g/mol. The van der Waals surface area contributed by atoms with Crippen LogP contribution in [0.25, 0.3) is 10.8 Å². The van der Waals surface area contributed by atoms with Gasteiger partial charge in [-0.3, -0.25) is 24.1 Å². The minimum Gasteiger partial charge on any atom is -0.481 e. The monoisotopic (exact) mass is 496 g/mol. The highest BCUT2D eigenvalue weighted by Gasteiger charge is 2.43. The Hall–Kier alpha value is -4.00. The smallest absolute Gasteiger partial charge is 0.307 e. The van der Waals surface area contributed by atoms with Crippen molar-refractivity contribution in [3.8, 4) is 0 Å². The van der Waals surface area contributed by atoms with Crippen LogP contribution in [0.15, 0.2) is 60.7 Å². The van der Waals surface area contributed by atoms with E-state index in [2.05, 4.69) is 0 Å². The molecule has 37 heavy (non-hydrogen) atoms. The summed E-state index contributed by atoms with van der Waals surface area (Å²) >= 11 is 0. The maximum absolute atomic E-state index is 13.9. The van der Waals surface area contributed by atoms with Crippen LogP contribution in [0.3, 0.4) is 0 Å². The molecule has 0 spiro atoms. The molecular weight excluding hydrogens is 468 g/mol. The van der Waals surface area contributed by atoms with E-state index >= 15 is 0 Å². The van der Waals surface area contributed by atoms with E-state index in [1.54, 1.807) is 17.0 Å². The van der Waals surface area contributed by atoms with Gasteiger partial charge in [0.25, 0.3) is 11.8 Å². The van der Waals surface area contributed by atoms with Gasteiger partial charge in [-0.25, -0.2) is 0 Å². The van der Waals surface area contributed by atoms with E-state index < -0.39 is 23.8 Å². The summed E-state index contributed by atoms with van der Waals surface area (Å²) in [6.45, 7) is 0.446. The van der Waals surface area contributed by atoms with E-state index in [4.69, 9.17) is 0 Å². The first kappa shape index (κ1) is 23.4. The second-order valence-corrected chi connectivity index (χ2v) is 10.3. The van der Waals surface area contributed by atoms with Crippen LogP contribution in [0, 0.1) is 11.8 Å². The molecular formula is C30H28N2O5. The molecule has 0 radical (unpaired) electrons. The van der Waals surface area contributed by atoms with Crippen molar-refractivity contribution < 1.29 is 24.3 Å². The molecule has 1 unspecified atom stereocenters. The Morgan fingerprint density at radius 3 is 2.16 bits per heavy atom.